The van der Waals surface area contributed by atoms with E-state index in [1.807, 2.05) is 43.3 Å². The minimum absolute atomic E-state index is 0.0374. The summed E-state index contributed by atoms with van der Waals surface area (Å²) >= 11 is 0. The summed E-state index contributed by atoms with van der Waals surface area (Å²) in [6.07, 6.45) is 1.57. The number of nitrogens with one attached hydrogen (secondary N) is 2. The van der Waals surface area contributed by atoms with Crippen molar-refractivity contribution in [3.05, 3.63) is 93.4 Å². The van der Waals surface area contributed by atoms with Gasteiger partial charge in [-0.1, -0.05) is 30.3 Å². The van der Waals surface area contributed by atoms with E-state index in [-0.39, 0.29) is 29.9 Å². The Balaban J connectivity index is 1.74. The number of carbonyl (C=O) groups excluding carboxylic acids is 1. The Kier molecular flexibility index (Phi) is 5.86. The average molecular weight is 379 g/mol. The van der Waals surface area contributed by atoms with Crippen molar-refractivity contribution >= 4 is 17.3 Å². The molecule has 1 heterocycles. The Bertz CT molecular complexity index is 969. The van der Waals surface area contributed by atoms with E-state index in [2.05, 4.69) is 10.6 Å². The van der Waals surface area contributed by atoms with E-state index in [4.69, 9.17) is 4.42 Å². The number of nitrogens with zero attached hydrogens (tertiary/aromatic N) is 1. The maximum Gasteiger partial charge on any atom is 0.293 e. The van der Waals surface area contributed by atoms with Crippen molar-refractivity contribution in [3.63, 3.8) is 0 Å². The summed E-state index contributed by atoms with van der Waals surface area (Å²) in [6, 6.07) is 16.0. The molecule has 3 aromatic rings. The third-order valence-corrected chi connectivity index (χ3v) is 4.51. The third kappa shape index (κ3) is 4.44. The molecular formula is C21H21N3O4. The van der Waals surface area contributed by atoms with Gasteiger partial charge in [0, 0.05) is 6.07 Å². The maximum absolute atomic E-state index is 12.5. The van der Waals surface area contributed by atoms with Crippen LogP contribution in [0, 0.1) is 24.0 Å². The van der Waals surface area contributed by atoms with Crippen LogP contribution in [0.25, 0.3) is 0 Å². The van der Waals surface area contributed by atoms with E-state index in [9.17, 15) is 14.9 Å². The smallest absolute Gasteiger partial charge is 0.293 e. The minimum atomic E-state index is -0.495. The number of carbonyl (C=O) groups is 1. The number of amides is 1. The van der Waals surface area contributed by atoms with Crippen molar-refractivity contribution in [2.45, 2.75) is 19.9 Å². The monoisotopic (exact) mass is 379 g/mol. The van der Waals surface area contributed by atoms with Crippen LogP contribution in [0.5, 0.6) is 0 Å². The second-order valence-corrected chi connectivity index (χ2v) is 6.50. The van der Waals surface area contributed by atoms with Gasteiger partial charge in [-0.2, -0.15) is 0 Å². The highest BCUT2D eigenvalue weighted by molar-refractivity contribution is 5.94. The SMILES string of the molecule is Cc1cc(NC(=O)CN[C@@H](c2ccccc2)c2ccco2)c([N+](=O)[O-])cc1C. The molecule has 7 heteroatoms. The van der Waals surface area contributed by atoms with Crippen molar-refractivity contribution in [1.82, 2.24) is 5.32 Å². The molecule has 0 saturated heterocycles. The molecule has 0 aliphatic heterocycles. The Morgan fingerprint density at radius 3 is 2.46 bits per heavy atom. The van der Waals surface area contributed by atoms with E-state index in [0.29, 0.717) is 5.76 Å². The summed E-state index contributed by atoms with van der Waals surface area (Å²) < 4.78 is 5.50. The summed E-state index contributed by atoms with van der Waals surface area (Å²) in [6.45, 7) is 3.60. The summed E-state index contributed by atoms with van der Waals surface area (Å²) in [4.78, 5) is 23.3. The third-order valence-electron chi connectivity index (χ3n) is 4.51. The molecule has 0 radical (unpaired) electrons. The second-order valence-electron chi connectivity index (χ2n) is 6.50. The number of aryl methyl sites for hydroxylation is 2. The van der Waals surface area contributed by atoms with E-state index >= 15 is 0 Å². The number of hydrogen-bond acceptors (Lipinski definition) is 5. The highest BCUT2D eigenvalue weighted by Crippen LogP contribution is 2.28. The van der Waals surface area contributed by atoms with E-state index in [0.717, 1.165) is 16.7 Å². The van der Waals surface area contributed by atoms with Gasteiger partial charge in [-0.25, -0.2) is 0 Å². The Morgan fingerprint density at radius 1 is 1.11 bits per heavy atom. The van der Waals surface area contributed by atoms with Crippen LogP contribution in [0.4, 0.5) is 11.4 Å². The lowest BCUT2D eigenvalue weighted by Gasteiger charge is -2.17. The predicted octanol–water partition coefficient (Wildman–Crippen LogP) is 4.12. The van der Waals surface area contributed by atoms with Crippen LogP contribution in [0.2, 0.25) is 0 Å². The summed E-state index contributed by atoms with van der Waals surface area (Å²) in [5, 5.41) is 17.1. The molecule has 0 aliphatic rings. The zero-order valence-corrected chi connectivity index (χ0v) is 15.6. The summed E-state index contributed by atoms with van der Waals surface area (Å²) in [7, 11) is 0. The molecule has 0 aliphatic carbocycles. The molecule has 0 unspecified atom stereocenters. The van der Waals surface area contributed by atoms with E-state index in [1.54, 1.807) is 25.3 Å². The molecule has 144 valence electrons. The first-order chi connectivity index (χ1) is 13.5. The Hall–Kier alpha value is -3.45. The van der Waals surface area contributed by atoms with Gasteiger partial charge in [-0.05, 0) is 48.7 Å². The lowest BCUT2D eigenvalue weighted by atomic mass is 10.0. The van der Waals surface area contributed by atoms with Gasteiger partial charge in [0.1, 0.15) is 11.4 Å². The van der Waals surface area contributed by atoms with E-state index in [1.165, 1.54) is 6.07 Å². The van der Waals surface area contributed by atoms with Gasteiger partial charge in [-0.15, -0.1) is 0 Å². The topological polar surface area (TPSA) is 97.4 Å². The standard InChI is InChI=1S/C21H21N3O4/c1-14-11-17(18(24(26)27)12-15(14)2)23-20(25)13-22-21(19-9-6-10-28-19)16-7-4-3-5-8-16/h3-12,21-22H,13H2,1-2H3,(H,23,25)/t21-/m0/s1. The van der Waals surface area contributed by atoms with Gasteiger partial charge < -0.3 is 9.73 Å². The summed E-state index contributed by atoms with van der Waals surface area (Å²) in [5.41, 5.74) is 2.68. The number of furan rings is 1. The molecule has 1 atom stereocenters. The molecule has 7 nitrogen and oxygen atoms in total. The van der Waals surface area contributed by atoms with Gasteiger partial charge in [-0.3, -0.25) is 20.2 Å². The largest absolute Gasteiger partial charge is 0.467 e. The molecule has 0 bridgehead atoms. The van der Waals surface area contributed by atoms with Crippen LogP contribution in [-0.2, 0) is 4.79 Å². The molecule has 1 amide bonds. The van der Waals surface area contributed by atoms with Crippen molar-refractivity contribution in [2.75, 3.05) is 11.9 Å². The lowest BCUT2D eigenvalue weighted by Crippen LogP contribution is -2.32. The fraction of sp³-hybridized carbons (Fsp3) is 0.190. The van der Waals surface area contributed by atoms with Gasteiger partial charge >= 0.3 is 0 Å². The molecular weight excluding hydrogens is 358 g/mol. The number of benzene rings is 2. The molecule has 0 fully saturated rings. The van der Waals surface area contributed by atoms with Gasteiger partial charge in [0.2, 0.25) is 5.91 Å². The molecule has 28 heavy (non-hydrogen) atoms. The van der Waals surface area contributed by atoms with Gasteiger partial charge in [0.15, 0.2) is 0 Å². The van der Waals surface area contributed by atoms with Crippen LogP contribution < -0.4 is 10.6 Å². The molecule has 3 rings (SSSR count). The van der Waals surface area contributed by atoms with Crippen LogP contribution in [0.1, 0.15) is 28.5 Å². The maximum atomic E-state index is 12.5. The quantitative estimate of drug-likeness (QED) is 0.475. The van der Waals surface area contributed by atoms with Crippen LogP contribution >= 0.6 is 0 Å². The van der Waals surface area contributed by atoms with Gasteiger partial charge in [0.05, 0.1) is 23.8 Å². The number of hydrogen-bond donors (Lipinski definition) is 2. The highest BCUT2D eigenvalue weighted by Gasteiger charge is 2.20. The zero-order valence-electron chi connectivity index (χ0n) is 15.6. The molecule has 0 saturated carbocycles. The fourth-order valence-corrected chi connectivity index (χ4v) is 2.93. The lowest BCUT2D eigenvalue weighted by molar-refractivity contribution is -0.384. The highest BCUT2D eigenvalue weighted by atomic mass is 16.6. The molecule has 0 spiro atoms. The van der Waals surface area contributed by atoms with Crippen LogP contribution in [-0.4, -0.2) is 17.4 Å². The Labute approximate surface area is 162 Å². The molecule has 1 aromatic heterocycles. The number of nitro benzene ring substituents is 1. The molecule has 2 N–H and O–H groups in total. The second kappa shape index (κ2) is 8.49. The van der Waals surface area contributed by atoms with Crippen molar-refractivity contribution < 1.29 is 14.1 Å². The van der Waals surface area contributed by atoms with Crippen molar-refractivity contribution in [2.24, 2.45) is 0 Å². The predicted molar refractivity (Wildman–Crippen MR) is 106 cm³/mol. The van der Waals surface area contributed by atoms with Gasteiger partial charge in [0.25, 0.3) is 5.69 Å². The van der Waals surface area contributed by atoms with Crippen molar-refractivity contribution in [1.29, 1.82) is 0 Å². The first-order valence-electron chi connectivity index (χ1n) is 8.83. The van der Waals surface area contributed by atoms with E-state index < -0.39 is 4.92 Å². The zero-order chi connectivity index (χ0) is 20.1. The number of nitro groups is 1. The number of rotatable bonds is 7. The summed E-state index contributed by atoms with van der Waals surface area (Å²) in [5.74, 6) is 0.301. The Morgan fingerprint density at radius 2 is 1.82 bits per heavy atom. The van der Waals surface area contributed by atoms with Crippen molar-refractivity contribution in [3.8, 4) is 0 Å². The fourth-order valence-electron chi connectivity index (χ4n) is 2.93. The first kappa shape index (κ1) is 19.3. The minimum Gasteiger partial charge on any atom is -0.467 e. The van der Waals surface area contributed by atoms with Crippen LogP contribution in [0.15, 0.2) is 65.3 Å². The number of anilines is 1. The average Bonchev–Trinajstić information content (AvgIpc) is 3.20. The first-order valence-corrected chi connectivity index (χ1v) is 8.83. The van der Waals surface area contributed by atoms with Crippen LogP contribution in [0.3, 0.4) is 0 Å². The normalized spacial score (nSPS) is 11.8. The molecule has 2 aromatic carbocycles.